The largest absolute Gasteiger partial charge is 0.497 e. The monoisotopic (exact) mass is 524 g/mol. The molecular formula is C29H24N4O4S. The average molecular weight is 525 g/mol. The van der Waals surface area contributed by atoms with E-state index in [0.29, 0.717) is 32.0 Å². The number of aromatic nitrogens is 1. The number of nitrogens with zero attached hydrogens (tertiary/aromatic N) is 2. The standard InChI is InChI=1S/C29H24N4O4S/c1-16-4-6-18(7-5-16)22-15-24(19-8-11-21(37-3)12-9-19)32-29-25(22)26(30)27(38-29)28(34)31-23-13-10-20(33(35)36)14-17(23)2/h4-15H,30H2,1-3H3,(H,31,34). The number of carbonyl (C=O) groups excluding carboxylic acids is 1. The molecule has 0 radical (unpaired) electrons. The number of hydrogen-bond donors (Lipinski definition) is 2. The highest BCUT2D eigenvalue weighted by Crippen LogP contribution is 2.42. The molecule has 38 heavy (non-hydrogen) atoms. The van der Waals surface area contributed by atoms with E-state index in [4.69, 9.17) is 15.5 Å². The van der Waals surface area contributed by atoms with Crippen molar-refractivity contribution >= 4 is 44.5 Å². The van der Waals surface area contributed by atoms with Crippen LogP contribution in [0.3, 0.4) is 0 Å². The first-order valence-corrected chi connectivity index (χ1v) is 12.6. The van der Waals surface area contributed by atoms with Gasteiger partial charge in [0.15, 0.2) is 0 Å². The molecule has 0 atom stereocenters. The molecule has 0 spiro atoms. The van der Waals surface area contributed by atoms with Crippen molar-refractivity contribution in [3.63, 3.8) is 0 Å². The second kappa shape index (κ2) is 9.95. The van der Waals surface area contributed by atoms with E-state index < -0.39 is 10.8 Å². The summed E-state index contributed by atoms with van der Waals surface area (Å²) in [6.45, 7) is 3.73. The predicted molar refractivity (Wildman–Crippen MR) is 152 cm³/mol. The van der Waals surface area contributed by atoms with Crippen molar-refractivity contribution in [1.29, 1.82) is 0 Å². The van der Waals surface area contributed by atoms with Crippen LogP contribution in [0.15, 0.2) is 72.8 Å². The van der Waals surface area contributed by atoms with E-state index in [1.807, 2.05) is 61.5 Å². The van der Waals surface area contributed by atoms with Crippen LogP contribution in [0.25, 0.3) is 32.6 Å². The Morgan fingerprint density at radius 3 is 2.32 bits per heavy atom. The molecule has 5 rings (SSSR count). The number of aryl methyl sites for hydroxylation is 2. The number of amides is 1. The molecule has 0 unspecified atom stereocenters. The Balaban J connectivity index is 1.62. The van der Waals surface area contributed by atoms with Gasteiger partial charge in [0.05, 0.1) is 23.4 Å². The first-order chi connectivity index (χ1) is 18.2. The first kappa shape index (κ1) is 24.9. The average Bonchev–Trinajstić information content (AvgIpc) is 3.26. The second-order valence-corrected chi connectivity index (χ2v) is 9.88. The van der Waals surface area contributed by atoms with Crippen molar-refractivity contribution < 1.29 is 14.5 Å². The van der Waals surface area contributed by atoms with E-state index in [0.717, 1.165) is 33.7 Å². The number of non-ortho nitro benzene ring substituents is 1. The van der Waals surface area contributed by atoms with Crippen molar-refractivity contribution in [3.8, 4) is 28.1 Å². The molecule has 0 saturated carbocycles. The van der Waals surface area contributed by atoms with Gasteiger partial charge in [-0.25, -0.2) is 4.98 Å². The van der Waals surface area contributed by atoms with Crippen LogP contribution in [0.4, 0.5) is 17.1 Å². The number of nitro groups is 1. The van der Waals surface area contributed by atoms with Gasteiger partial charge in [-0.15, -0.1) is 11.3 Å². The van der Waals surface area contributed by atoms with Crippen molar-refractivity contribution in [2.45, 2.75) is 13.8 Å². The van der Waals surface area contributed by atoms with Gasteiger partial charge < -0.3 is 15.8 Å². The third-order valence-corrected chi connectivity index (χ3v) is 7.42. The summed E-state index contributed by atoms with van der Waals surface area (Å²) in [5.41, 5.74) is 12.6. The summed E-state index contributed by atoms with van der Waals surface area (Å²) in [5, 5.41) is 14.6. The molecule has 0 fully saturated rings. The van der Waals surface area contributed by atoms with Gasteiger partial charge in [-0.05, 0) is 66.9 Å². The number of hydrogen-bond acceptors (Lipinski definition) is 7. The van der Waals surface area contributed by atoms with Crippen LogP contribution in [0, 0.1) is 24.0 Å². The number of nitro benzene ring substituents is 1. The fourth-order valence-corrected chi connectivity index (χ4v) is 5.26. The highest BCUT2D eigenvalue weighted by Gasteiger charge is 2.22. The number of methoxy groups -OCH3 is 1. The van der Waals surface area contributed by atoms with Gasteiger partial charge in [0.1, 0.15) is 15.5 Å². The quantitative estimate of drug-likeness (QED) is 0.182. The Morgan fingerprint density at radius 1 is 1.00 bits per heavy atom. The van der Waals surface area contributed by atoms with Gasteiger partial charge in [-0.1, -0.05) is 29.8 Å². The second-order valence-electron chi connectivity index (χ2n) is 8.89. The van der Waals surface area contributed by atoms with Gasteiger partial charge in [0.25, 0.3) is 11.6 Å². The third kappa shape index (κ3) is 4.67. The smallest absolute Gasteiger partial charge is 0.269 e. The molecular weight excluding hydrogens is 500 g/mol. The molecule has 9 heteroatoms. The predicted octanol–water partition coefficient (Wildman–Crippen LogP) is 7.00. The van der Waals surface area contributed by atoms with Gasteiger partial charge in [-0.2, -0.15) is 0 Å². The zero-order valence-corrected chi connectivity index (χ0v) is 21.8. The Kier molecular flexibility index (Phi) is 6.52. The Bertz CT molecular complexity index is 1690. The minimum Gasteiger partial charge on any atom is -0.497 e. The lowest BCUT2D eigenvalue weighted by Gasteiger charge is -2.10. The van der Waals surface area contributed by atoms with E-state index in [1.165, 1.54) is 29.5 Å². The van der Waals surface area contributed by atoms with Crippen LogP contribution in [-0.2, 0) is 0 Å². The number of benzene rings is 3. The van der Waals surface area contributed by atoms with E-state index in [2.05, 4.69) is 5.32 Å². The summed E-state index contributed by atoms with van der Waals surface area (Å²) in [6, 6.07) is 22.0. The van der Waals surface area contributed by atoms with Gasteiger partial charge in [0, 0.05) is 28.8 Å². The first-order valence-electron chi connectivity index (χ1n) is 11.8. The molecule has 5 aromatic rings. The minimum atomic E-state index is -0.471. The zero-order valence-electron chi connectivity index (χ0n) is 20.9. The number of nitrogens with one attached hydrogen (secondary N) is 1. The molecule has 3 N–H and O–H groups in total. The summed E-state index contributed by atoms with van der Waals surface area (Å²) in [7, 11) is 1.62. The van der Waals surface area contributed by atoms with Gasteiger partial charge in [-0.3, -0.25) is 14.9 Å². The highest BCUT2D eigenvalue weighted by atomic mass is 32.1. The van der Waals surface area contributed by atoms with E-state index in [1.54, 1.807) is 14.0 Å². The van der Waals surface area contributed by atoms with E-state index in [-0.39, 0.29) is 5.69 Å². The topological polar surface area (TPSA) is 120 Å². The summed E-state index contributed by atoms with van der Waals surface area (Å²) < 4.78 is 5.29. The molecule has 0 aliphatic rings. The van der Waals surface area contributed by atoms with E-state index >= 15 is 0 Å². The van der Waals surface area contributed by atoms with Crippen molar-refractivity contribution in [3.05, 3.63) is 98.9 Å². The Labute approximate surface area is 222 Å². The number of fused-ring (bicyclic) bond motifs is 1. The minimum absolute atomic E-state index is 0.0418. The number of carbonyl (C=O) groups is 1. The van der Waals surface area contributed by atoms with Gasteiger partial charge >= 0.3 is 0 Å². The molecule has 2 heterocycles. The van der Waals surface area contributed by atoms with Crippen LogP contribution in [0.2, 0.25) is 0 Å². The molecule has 0 saturated heterocycles. The third-order valence-electron chi connectivity index (χ3n) is 6.32. The number of nitrogens with two attached hydrogens (primary N) is 1. The normalized spacial score (nSPS) is 10.9. The SMILES string of the molecule is COc1ccc(-c2cc(-c3ccc(C)cc3)c3c(N)c(C(=O)Nc4ccc([N+](=O)[O-])cc4C)sc3n2)cc1. The molecule has 2 aromatic heterocycles. The molecule has 0 aliphatic carbocycles. The molecule has 8 nitrogen and oxygen atoms in total. The summed E-state index contributed by atoms with van der Waals surface area (Å²) in [6.07, 6.45) is 0. The Hall–Kier alpha value is -4.76. The fraction of sp³-hybridized carbons (Fsp3) is 0.103. The fourth-order valence-electron chi connectivity index (χ4n) is 4.24. The molecule has 190 valence electrons. The van der Waals surface area contributed by atoms with E-state index in [9.17, 15) is 14.9 Å². The highest BCUT2D eigenvalue weighted by molar-refractivity contribution is 7.21. The van der Waals surface area contributed by atoms with Crippen molar-refractivity contribution in [1.82, 2.24) is 4.98 Å². The van der Waals surface area contributed by atoms with Crippen LogP contribution in [0.5, 0.6) is 5.75 Å². The number of nitrogen functional groups attached to an aromatic ring is 1. The maximum absolute atomic E-state index is 13.3. The van der Waals surface area contributed by atoms with Crippen LogP contribution >= 0.6 is 11.3 Å². The number of anilines is 2. The lowest BCUT2D eigenvalue weighted by molar-refractivity contribution is -0.384. The van der Waals surface area contributed by atoms with Gasteiger partial charge in [0.2, 0.25) is 0 Å². The number of pyridine rings is 1. The maximum Gasteiger partial charge on any atom is 0.269 e. The molecule has 3 aromatic carbocycles. The Morgan fingerprint density at radius 2 is 1.68 bits per heavy atom. The lowest BCUT2D eigenvalue weighted by atomic mass is 9.98. The molecule has 0 bridgehead atoms. The zero-order chi connectivity index (χ0) is 27.0. The summed E-state index contributed by atoms with van der Waals surface area (Å²) in [4.78, 5) is 29.8. The maximum atomic E-state index is 13.3. The van der Waals surface area contributed by atoms with Crippen molar-refractivity contribution in [2.24, 2.45) is 0 Å². The number of thiophene rings is 1. The van der Waals surface area contributed by atoms with Crippen LogP contribution in [0.1, 0.15) is 20.8 Å². The molecule has 0 aliphatic heterocycles. The van der Waals surface area contributed by atoms with Crippen LogP contribution in [-0.4, -0.2) is 22.9 Å². The molecule has 1 amide bonds. The lowest BCUT2D eigenvalue weighted by Crippen LogP contribution is -2.13. The summed E-state index contributed by atoms with van der Waals surface area (Å²) in [5.74, 6) is 0.345. The number of ether oxygens (including phenoxy) is 1. The van der Waals surface area contributed by atoms with Crippen molar-refractivity contribution in [2.75, 3.05) is 18.2 Å². The van der Waals surface area contributed by atoms with Crippen LogP contribution < -0.4 is 15.8 Å². The summed E-state index contributed by atoms with van der Waals surface area (Å²) >= 11 is 1.21. The number of rotatable bonds is 6.